The van der Waals surface area contributed by atoms with Crippen molar-refractivity contribution in [3.63, 3.8) is 0 Å². The highest BCUT2D eigenvalue weighted by atomic mass is 16.5. The van der Waals surface area contributed by atoms with E-state index in [9.17, 15) is 0 Å². The van der Waals surface area contributed by atoms with Crippen molar-refractivity contribution in [1.29, 1.82) is 0 Å². The van der Waals surface area contributed by atoms with Crippen molar-refractivity contribution in [2.45, 2.75) is 25.2 Å². The standard InChI is InChI=1S/C16H20N4O/c1-3-13(10-17-6-1)4-2-7-18-16-9-15(19-12-20-16)14-5-8-21-11-14/h1,3,6,9-10,12,14H,2,4-5,7-8,11H2,(H,18,19,20)/t14-/m1/s1. The number of anilines is 1. The van der Waals surface area contributed by atoms with Crippen molar-refractivity contribution in [2.24, 2.45) is 0 Å². The fourth-order valence-electron chi connectivity index (χ4n) is 2.52. The van der Waals surface area contributed by atoms with Crippen LogP contribution in [0.15, 0.2) is 36.9 Å². The molecule has 2 aromatic rings. The molecule has 1 saturated heterocycles. The molecule has 5 nitrogen and oxygen atoms in total. The van der Waals surface area contributed by atoms with E-state index < -0.39 is 0 Å². The van der Waals surface area contributed by atoms with Gasteiger partial charge in [-0.2, -0.15) is 0 Å². The van der Waals surface area contributed by atoms with Gasteiger partial charge in [0.1, 0.15) is 12.1 Å². The van der Waals surface area contributed by atoms with Gasteiger partial charge in [0.15, 0.2) is 0 Å². The van der Waals surface area contributed by atoms with Crippen LogP contribution < -0.4 is 5.32 Å². The Hall–Kier alpha value is -2.01. The zero-order valence-corrected chi connectivity index (χ0v) is 12.0. The molecule has 1 N–H and O–H groups in total. The summed E-state index contributed by atoms with van der Waals surface area (Å²) in [5.41, 5.74) is 2.35. The first kappa shape index (κ1) is 13.9. The summed E-state index contributed by atoms with van der Waals surface area (Å²) in [4.78, 5) is 12.8. The molecule has 0 radical (unpaired) electrons. The minimum atomic E-state index is 0.420. The van der Waals surface area contributed by atoms with Gasteiger partial charge in [0.2, 0.25) is 0 Å². The number of aromatic nitrogens is 3. The smallest absolute Gasteiger partial charge is 0.129 e. The third-order valence-electron chi connectivity index (χ3n) is 3.71. The molecular weight excluding hydrogens is 264 g/mol. The number of aryl methyl sites for hydroxylation is 1. The lowest BCUT2D eigenvalue weighted by Gasteiger charge is -2.09. The Kier molecular flexibility index (Phi) is 4.74. The van der Waals surface area contributed by atoms with Crippen molar-refractivity contribution < 1.29 is 4.74 Å². The topological polar surface area (TPSA) is 59.9 Å². The Morgan fingerprint density at radius 2 is 2.33 bits per heavy atom. The van der Waals surface area contributed by atoms with Gasteiger partial charge in [-0.1, -0.05) is 6.07 Å². The lowest BCUT2D eigenvalue weighted by molar-refractivity contribution is 0.193. The minimum Gasteiger partial charge on any atom is -0.381 e. The van der Waals surface area contributed by atoms with E-state index in [0.717, 1.165) is 50.5 Å². The van der Waals surface area contributed by atoms with Gasteiger partial charge in [0, 0.05) is 37.5 Å². The molecule has 2 aromatic heterocycles. The number of hydrogen-bond donors (Lipinski definition) is 1. The Bertz CT molecular complexity index is 555. The summed E-state index contributed by atoms with van der Waals surface area (Å²) in [6.45, 7) is 2.51. The molecule has 0 aromatic carbocycles. The average Bonchev–Trinajstić information content (AvgIpc) is 3.07. The second-order valence-corrected chi connectivity index (χ2v) is 5.28. The molecule has 3 heterocycles. The number of hydrogen-bond acceptors (Lipinski definition) is 5. The summed E-state index contributed by atoms with van der Waals surface area (Å²) in [5.74, 6) is 1.32. The number of pyridine rings is 1. The number of rotatable bonds is 6. The Morgan fingerprint density at radius 3 is 3.14 bits per heavy atom. The van der Waals surface area contributed by atoms with Crippen LogP contribution in [0.3, 0.4) is 0 Å². The van der Waals surface area contributed by atoms with Crippen LogP contribution in [0.5, 0.6) is 0 Å². The third kappa shape index (κ3) is 3.98. The molecule has 1 fully saturated rings. The summed E-state index contributed by atoms with van der Waals surface area (Å²) in [6.07, 6.45) is 8.49. The minimum absolute atomic E-state index is 0.420. The molecule has 0 aliphatic carbocycles. The number of nitrogens with zero attached hydrogens (tertiary/aromatic N) is 3. The number of ether oxygens (including phenoxy) is 1. The van der Waals surface area contributed by atoms with Crippen LogP contribution in [0.4, 0.5) is 5.82 Å². The summed E-state index contributed by atoms with van der Waals surface area (Å²) in [6, 6.07) is 6.13. The van der Waals surface area contributed by atoms with Crippen molar-refractivity contribution in [3.8, 4) is 0 Å². The molecule has 0 amide bonds. The van der Waals surface area contributed by atoms with Gasteiger partial charge in [0.25, 0.3) is 0 Å². The first-order valence-corrected chi connectivity index (χ1v) is 7.44. The Labute approximate surface area is 124 Å². The predicted octanol–water partition coefficient (Wildman–Crippen LogP) is 2.42. The van der Waals surface area contributed by atoms with E-state index in [0.29, 0.717) is 5.92 Å². The van der Waals surface area contributed by atoms with Gasteiger partial charge in [-0.05, 0) is 30.9 Å². The van der Waals surface area contributed by atoms with Crippen molar-refractivity contribution >= 4 is 5.82 Å². The fourth-order valence-corrected chi connectivity index (χ4v) is 2.52. The molecule has 110 valence electrons. The highest BCUT2D eigenvalue weighted by Crippen LogP contribution is 2.24. The fraction of sp³-hybridized carbons (Fsp3) is 0.438. The van der Waals surface area contributed by atoms with Crippen LogP contribution in [0.1, 0.15) is 30.0 Å². The molecule has 1 aliphatic heterocycles. The van der Waals surface area contributed by atoms with Crippen molar-refractivity contribution in [3.05, 3.63) is 48.2 Å². The molecule has 0 bridgehead atoms. The van der Waals surface area contributed by atoms with Gasteiger partial charge in [-0.25, -0.2) is 9.97 Å². The molecular formula is C16H20N4O. The molecule has 21 heavy (non-hydrogen) atoms. The van der Waals surface area contributed by atoms with Gasteiger partial charge in [-0.3, -0.25) is 4.98 Å². The van der Waals surface area contributed by atoms with Gasteiger partial charge >= 0.3 is 0 Å². The van der Waals surface area contributed by atoms with E-state index in [1.807, 2.05) is 18.3 Å². The Morgan fingerprint density at radius 1 is 1.33 bits per heavy atom. The van der Waals surface area contributed by atoms with Crippen LogP contribution in [0.2, 0.25) is 0 Å². The maximum absolute atomic E-state index is 5.41. The zero-order valence-electron chi connectivity index (χ0n) is 12.0. The third-order valence-corrected chi connectivity index (χ3v) is 3.71. The van der Waals surface area contributed by atoms with Crippen LogP contribution in [0, 0.1) is 0 Å². The van der Waals surface area contributed by atoms with Crippen LogP contribution in [-0.2, 0) is 11.2 Å². The van der Waals surface area contributed by atoms with Crippen molar-refractivity contribution in [1.82, 2.24) is 15.0 Å². The van der Waals surface area contributed by atoms with Gasteiger partial charge < -0.3 is 10.1 Å². The number of nitrogens with one attached hydrogen (secondary N) is 1. The van der Waals surface area contributed by atoms with Crippen LogP contribution in [0.25, 0.3) is 0 Å². The van der Waals surface area contributed by atoms with E-state index in [4.69, 9.17) is 4.74 Å². The second-order valence-electron chi connectivity index (χ2n) is 5.28. The first-order chi connectivity index (χ1) is 10.4. The van der Waals surface area contributed by atoms with Gasteiger partial charge in [-0.15, -0.1) is 0 Å². The first-order valence-electron chi connectivity index (χ1n) is 7.44. The lowest BCUT2D eigenvalue weighted by Crippen LogP contribution is -2.07. The predicted molar refractivity (Wildman–Crippen MR) is 81.3 cm³/mol. The maximum Gasteiger partial charge on any atom is 0.129 e. The van der Waals surface area contributed by atoms with E-state index in [1.54, 1.807) is 12.5 Å². The second kappa shape index (κ2) is 7.13. The Balaban J connectivity index is 1.48. The molecule has 1 aliphatic rings. The normalized spacial score (nSPS) is 17.8. The van der Waals surface area contributed by atoms with E-state index >= 15 is 0 Å². The maximum atomic E-state index is 5.41. The highest BCUT2D eigenvalue weighted by molar-refractivity contribution is 5.35. The molecule has 0 spiro atoms. The summed E-state index contributed by atoms with van der Waals surface area (Å²) >= 11 is 0. The summed E-state index contributed by atoms with van der Waals surface area (Å²) in [7, 11) is 0. The van der Waals surface area contributed by atoms with Crippen LogP contribution in [-0.4, -0.2) is 34.7 Å². The lowest BCUT2D eigenvalue weighted by atomic mass is 10.1. The quantitative estimate of drug-likeness (QED) is 0.825. The summed E-state index contributed by atoms with van der Waals surface area (Å²) < 4.78 is 5.41. The van der Waals surface area contributed by atoms with Crippen LogP contribution >= 0.6 is 0 Å². The molecule has 0 unspecified atom stereocenters. The van der Waals surface area contributed by atoms with E-state index in [-0.39, 0.29) is 0 Å². The average molecular weight is 284 g/mol. The monoisotopic (exact) mass is 284 g/mol. The molecule has 0 saturated carbocycles. The van der Waals surface area contributed by atoms with E-state index in [2.05, 4.69) is 26.3 Å². The molecule has 5 heteroatoms. The van der Waals surface area contributed by atoms with Crippen molar-refractivity contribution in [2.75, 3.05) is 25.1 Å². The molecule has 1 atom stereocenters. The zero-order chi connectivity index (χ0) is 14.3. The van der Waals surface area contributed by atoms with E-state index in [1.165, 1.54) is 5.56 Å². The SMILES string of the molecule is c1cncc(CCCNc2cc([C@@H]3CCOC3)ncn2)c1. The molecule has 3 rings (SSSR count). The van der Waals surface area contributed by atoms with Gasteiger partial charge in [0.05, 0.1) is 12.3 Å². The highest BCUT2D eigenvalue weighted by Gasteiger charge is 2.19. The summed E-state index contributed by atoms with van der Waals surface area (Å²) in [5, 5.41) is 3.37. The largest absolute Gasteiger partial charge is 0.381 e.